The third kappa shape index (κ3) is 4.43. The van der Waals surface area contributed by atoms with Crippen molar-refractivity contribution < 1.29 is 4.52 Å². The highest BCUT2D eigenvalue weighted by Gasteiger charge is 2.11. The minimum Gasteiger partial charge on any atom is -0.370 e. The quantitative estimate of drug-likeness (QED) is 0.497. The summed E-state index contributed by atoms with van der Waals surface area (Å²) in [5.41, 5.74) is 5.93. The first kappa shape index (κ1) is 15.2. The molecule has 18 heavy (non-hydrogen) atoms. The summed E-state index contributed by atoms with van der Waals surface area (Å²) in [4.78, 5) is 10.6. The lowest BCUT2D eigenvalue weighted by Gasteiger charge is -2.27. The van der Waals surface area contributed by atoms with Crippen molar-refractivity contribution in [3.05, 3.63) is 11.7 Å². The van der Waals surface area contributed by atoms with Gasteiger partial charge in [-0.05, 0) is 26.2 Å². The van der Waals surface area contributed by atoms with E-state index in [2.05, 4.69) is 20.0 Å². The number of hydrogen-bond donors (Lipinski definition) is 1. The van der Waals surface area contributed by atoms with Crippen molar-refractivity contribution in [2.75, 3.05) is 19.6 Å². The number of nitrogens with two attached hydrogens (primary N) is 1. The van der Waals surface area contributed by atoms with Crippen LogP contribution in [0.5, 0.6) is 0 Å². The molecule has 1 aliphatic rings. The number of halogens is 1. The highest BCUT2D eigenvalue weighted by atomic mass is 127. The number of nitrogens with zero attached hydrogens (tertiary/aromatic N) is 4. The van der Waals surface area contributed by atoms with E-state index in [1.807, 2.05) is 0 Å². The maximum Gasteiger partial charge on any atom is 0.228 e. The highest BCUT2D eigenvalue weighted by Crippen LogP contribution is 2.07. The molecule has 0 amide bonds. The average molecular weight is 365 g/mol. The third-order valence-corrected chi connectivity index (χ3v) is 2.85. The van der Waals surface area contributed by atoms with Crippen LogP contribution in [0.25, 0.3) is 0 Å². The van der Waals surface area contributed by atoms with Crippen molar-refractivity contribution in [3.8, 4) is 0 Å². The zero-order chi connectivity index (χ0) is 12.1. The highest BCUT2D eigenvalue weighted by molar-refractivity contribution is 14.0. The lowest BCUT2D eigenvalue weighted by atomic mass is 10.1. The molecular formula is C11H20IN5O. The van der Waals surface area contributed by atoms with Gasteiger partial charge in [0.1, 0.15) is 0 Å². The molecule has 0 unspecified atom stereocenters. The Morgan fingerprint density at radius 3 is 2.72 bits per heavy atom. The lowest BCUT2D eigenvalue weighted by molar-refractivity contribution is 0.337. The molecule has 2 rings (SSSR count). The van der Waals surface area contributed by atoms with Gasteiger partial charge in [-0.25, -0.2) is 0 Å². The molecule has 0 bridgehead atoms. The standard InChI is InChI=1S/C11H19N5O.HI/c1-9-14-10(17-15-9)5-6-13-11(12)16-7-3-2-4-8-16;/h2-8H2,1H3,(H2,12,13);1H. The summed E-state index contributed by atoms with van der Waals surface area (Å²) in [5, 5.41) is 3.73. The molecule has 0 aromatic carbocycles. The van der Waals surface area contributed by atoms with Crippen LogP contribution >= 0.6 is 24.0 Å². The molecule has 0 saturated carbocycles. The Balaban J connectivity index is 0.00000162. The Bertz CT molecular complexity index is 387. The fraction of sp³-hybridized carbons (Fsp3) is 0.727. The van der Waals surface area contributed by atoms with Gasteiger partial charge in [0.05, 0.1) is 6.54 Å². The summed E-state index contributed by atoms with van der Waals surface area (Å²) in [6.45, 7) is 4.45. The zero-order valence-electron chi connectivity index (χ0n) is 10.6. The summed E-state index contributed by atoms with van der Waals surface area (Å²) >= 11 is 0. The fourth-order valence-electron chi connectivity index (χ4n) is 1.93. The Labute approximate surface area is 124 Å². The Morgan fingerprint density at radius 2 is 2.11 bits per heavy atom. The maximum absolute atomic E-state index is 5.93. The molecule has 0 radical (unpaired) electrons. The van der Waals surface area contributed by atoms with Crippen LogP contribution in [0.15, 0.2) is 9.52 Å². The van der Waals surface area contributed by atoms with E-state index in [1.165, 1.54) is 19.3 Å². The van der Waals surface area contributed by atoms with Crippen molar-refractivity contribution in [1.82, 2.24) is 15.0 Å². The van der Waals surface area contributed by atoms with Gasteiger partial charge in [0.2, 0.25) is 5.89 Å². The minimum atomic E-state index is 0. The van der Waals surface area contributed by atoms with Crippen LogP contribution in [0.2, 0.25) is 0 Å². The summed E-state index contributed by atoms with van der Waals surface area (Å²) < 4.78 is 5.01. The second-order valence-corrected chi connectivity index (χ2v) is 4.27. The molecule has 2 N–H and O–H groups in total. The number of guanidine groups is 1. The molecule has 0 aliphatic carbocycles. The van der Waals surface area contributed by atoms with Gasteiger partial charge in [-0.1, -0.05) is 5.16 Å². The van der Waals surface area contributed by atoms with Gasteiger partial charge < -0.3 is 15.2 Å². The lowest BCUT2D eigenvalue weighted by Crippen LogP contribution is -2.41. The summed E-state index contributed by atoms with van der Waals surface area (Å²) in [6, 6.07) is 0. The first-order valence-electron chi connectivity index (χ1n) is 6.10. The van der Waals surface area contributed by atoms with Gasteiger partial charge in [0, 0.05) is 19.5 Å². The second kappa shape index (κ2) is 7.55. The molecule has 1 fully saturated rings. The predicted octanol–water partition coefficient (Wildman–Crippen LogP) is 1.34. The molecule has 1 aromatic heterocycles. The molecule has 6 nitrogen and oxygen atoms in total. The van der Waals surface area contributed by atoms with E-state index in [0.29, 0.717) is 30.6 Å². The van der Waals surface area contributed by atoms with Gasteiger partial charge in [-0.15, -0.1) is 24.0 Å². The van der Waals surface area contributed by atoms with Crippen LogP contribution in [0.3, 0.4) is 0 Å². The molecule has 0 atom stereocenters. The van der Waals surface area contributed by atoms with Gasteiger partial charge in [-0.3, -0.25) is 4.99 Å². The normalized spacial score (nSPS) is 16.5. The topological polar surface area (TPSA) is 80.5 Å². The van der Waals surface area contributed by atoms with Crippen molar-refractivity contribution in [2.45, 2.75) is 32.6 Å². The zero-order valence-corrected chi connectivity index (χ0v) is 13.0. The number of aliphatic imine (C=N–C) groups is 1. The predicted molar refractivity (Wildman–Crippen MR) is 80.1 cm³/mol. The smallest absolute Gasteiger partial charge is 0.228 e. The van der Waals surface area contributed by atoms with Gasteiger partial charge in [-0.2, -0.15) is 4.98 Å². The fourth-order valence-corrected chi connectivity index (χ4v) is 1.93. The Kier molecular flexibility index (Phi) is 6.37. The molecule has 102 valence electrons. The molecule has 1 saturated heterocycles. The van der Waals surface area contributed by atoms with E-state index < -0.39 is 0 Å². The maximum atomic E-state index is 5.93. The van der Waals surface area contributed by atoms with E-state index in [1.54, 1.807) is 6.92 Å². The van der Waals surface area contributed by atoms with Crippen molar-refractivity contribution in [2.24, 2.45) is 10.7 Å². The van der Waals surface area contributed by atoms with E-state index in [9.17, 15) is 0 Å². The van der Waals surface area contributed by atoms with Crippen LogP contribution in [0.1, 0.15) is 31.0 Å². The number of piperidine rings is 1. The summed E-state index contributed by atoms with van der Waals surface area (Å²) in [6.07, 6.45) is 4.36. The summed E-state index contributed by atoms with van der Waals surface area (Å²) in [5.74, 6) is 1.92. The SMILES string of the molecule is Cc1noc(CCN=C(N)N2CCCCC2)n1.I. The van der Waals surface area contributed by atoms with E-state index >= 15 is 0 Å². The number of aryl methyl sites for hydroxylation is 1. The van der Waals surface area contributed by atoms with E-state index in [0.717, 1.165) is 13.1 Å². The van der Waals surface area contributed by atoms with Crippen LogP contribution in [0.4, 0.5) is 0 Å². The number of likely N-dealkylation sites (tertiary alicyclic amines) is 1. The van der Waals surface area contributed by atoms with E-state index in [-0.39, 0.29) is 24.0 Å². The van der Waals surface area contributed by atoms with E-state index in [4.69, 9.17) is 10.3 Å². The number of rotatable bonds is 3. The Morgan fingerprint density at radius 1 is 1.39 bits per heavy atom. The van der Waals surface area contributed by atoms with Gasteiger partial charge in [0.25, 0.3) is 0 Å². The number of hydrogen-bond acceptors (Lipinski definition) is 4. The first-order chi connectivity index (χ1) is 8.25. The van der Waals surface area contributed by atoms with Gasteiger partial charge >= 0.3 is 0 Å². The minimum absolute atomic E-state index is 0. The monoisotopic (exact) mass is 365 g/mol. The molecule has 2 heterocycles. The molecular weight excluding hydrogens is 345 g/mol. The summed E-state index contributed by atoms with van der Waals surface area (Å²) in [7, 11) is 0. The molecule has 0 spiro atoms. The molecule has 1 aliphatic heterocycles. The first-order valence-corrected chi connectivity index (χ1v) is 6.10. The molecule has 1 aromatic rings. The second-order valence-electron chi connectivity index (χ2n) is 4.27. The van der Waals surface area contributed by atoms with Crippen molar-refractivity contribution in [1.29, 1.82) is 0 Å². The van der Waals surface area contributed by atoms with Crippen LogP contribution in [-0.2, 0) is 6.42 Å². The van der Waals surface area contributed by atoms with Crippen molar-refractivity contribution >= 4 is 29.9 Å². The Hall–Kier alpha value is -0.860. The third-order valence-electron chi connectivity index (χ3n) is 2.85. The van der Waals surface area contributed by atoms with Crippen LogP contribution < -0.4 is 5.73 Å². The molecule has 7 heteroatoms. The van der Waals surface area contributed by atoms with Crippen molar-refractivity contribution in [3.63, 3.8) is 0 Å². The largest absolute Gasteiger partial charge is 0.370 e. The average Bonchev–Trinajstić information content (AvgIpc) is 2.76. The van der Waals surface area contributed by atoms with Crippen LogP contribution in [0, 0.1) is 6.92 Å². The number of aromatic nitrogens is 2. The van der Waals surface area contributed by atoms with Crippen LogP contribution in [-0.4, -0.2) is 40.6 Å². The van der Waals surface area contributed by atoms with Gasteiger partial charge in [0.15, 0.2) is 11.8 Å².